The van der Waals surface area contributed by atoms with E-state index in [2.05, 4.69) is 46.9 Å². The summed E-state index contributed by atoms with van der Waals surface area (Å²) in [4.78, 5) is 4.12. The van der Waals surface area contributed by atoms with Crippen LogP contribution in [0.3, 0.4) is 0 Å². The predicted molar refractivity (Wildman–Crippen MR) is 70.6 cm³/mol. The zero-order valence-electron chi connectivity index (χ0n) is 9.77. The summed E-state index contributed by atoms with van der Waals surface area (Å²) in [6.07, 6.45) is 1.75. The molecule has 0 atom stereocenters. The van der Waals surface area contributed by atoms with Crippen LogP contribution in [-0.2, 0) is 6.54 Å². The van der Waals surface area contributed by atoms with Gasteiger partial charge < -0.3 is 10.7 Å². The molecule has 0 aliphatic rings. The van der Waals surface area contributed by atoms with Crippen molar-refractivity contribution in [3.63, 3.8) is 0 Å². The van der Waals surface area contributed by atoms with Gasteiger partial charge in [-0.15, -0.1) is 0 Å². The molecule has 2 aromatic rings. The van der Waals surface area contributed by atoms with Crippen molar-refractivity contribution in [3.8, 4) is 0 Å². The van der Waals surface area contributed by atoms with Gasteiger partial charge in [0.15, 0.2) is 0 Å². The van der Waals surface area contributed by atoms with E-state index >= 15 is 0 Å². The second kappa shape index (κ2) is 5.32. The minimum atomic E-state index is 0.658. The van der Waals surface area contributed by atoms with Crippen LogP contribution in [0, 0.1) is 6.92 Å². The highest BCUT2D eigenvalue weighted by atomic mass is 15.2. The smallest absolute Gasteiger partial charge is 0.140 e. The molecule has 4 heteroatoms. The topological polar surface area (TPSA) is 63.0 Å². The van der Waals surface area contributed by atoms with Crippen molar-refractivity contribution < 1.29 is 0 Å². The van der Waals surface area contributed by atoms with Crippen molar-refractivity contribution in [2.75, 3.05) is 10.7 Å². The van der Waals surface area contributed by atoms with Gasteiger partial charge in [0, 0.05) is 6.54 Å². The zero-order chi connectivity index (χ0) is 12.1. The number of benzene rings is 1. The molecule has 4 nitrogen and oxygen atoms in total. The van der Waals surface area contributed by atoms with Crippen molar-refractivity contribution >= 4 is 11.5 Å². The number of aromatic nitrogens is 1. The van der Waals surface area contributed by atoms with Crippen molar-refractivity contribution in [2.24, 2.45) is 5.84 Å². The fourth-order valence-corrected chi connectivity index (χ4v) is 1.49. The third kappa shape index (κ3) is 3.19. The Morgan fingerprint density at radius 2 is 1.88 bits per heavy atom. The number of hydrazine groups is 1. The molecule has 88 valence electrons. The van der Waals surface area contributed by atoms with Gasteiger partial charge in [0.25, 0.3) is 0 Å². The first-order valence-corrected chi connectivity index (χ1v) is 5.50. The number of hydrogen-bond acceptors (Lipinski definition) is 4. The standard InChI is InChI=1S/C13H16N4/c1-10-2-4-11(5-3-10)8-15-12-6-7-13(17-14)16-9-12/h2-7,9,15H,8,14H2,1H3,(H,16,17). The number of nitrogens with two attached hydrogens (primary N) is 1. The van der Waals surface area contributed by atoms with E-state index in [0.29, 0.717) is 5.82 Å². The summed E-state index contributed by atoms with van der Waals surface area (Å²) in [6, 6.07) is 12.2. The largest absolute Gasteiger partial charge is 0.380 e. The predicted octanol–water partition coefficient (Wildman–Crippen LogP) is 2.29. The van der Waals surface area contributed by atoms with Gasteiger partial charge in [0.2, 0.25) is 0 Å². The average molecular weight is 228 g/mol. The lowest BCUT2D eigenvalue weighted by atomic mass is 10.1. The van der Waals surface area contributed by atoms with E-state index in [1.165, 1.54) is 11.1 Å². The number of nitrogens with zero attached hydrogens (tertiary/aromatic N) is 1. The van der Waals surface area contributed by atoms with Crippen LogP contribution < -0.4 is 16.6 Å². The lowest BCUT2D eigenvalue weighted by molar-refractivity contribution is 1.13. The second-order valence-corrected chi connectivity index (χ2v) is 3.92. The molecule has 0 bridgehead atoms. The first-order valence-electron chi connectivity index (χ1n) is 5.50. The minimum Gasteiger partial charge on any atom is -0.380 e. The first kappa shape index (κ1) is 11.4. The highest BCUT2D eigenvalue weighted by Gasteiger charge is 1.95. The Labute approximate surface area is 101 Å². The second-order valence-electron chi connectivity index (χ2n) is 3.92. The third-order valence-corrected chi connectivity index (χ3v) is 2.53. The maximum atomic E-state index is 5.25. The molecule has 0 aliphatic carbocycles. The molecular weight excluding hydrogens is 212 g/mol. The molecule has 1 aromatic heterocycles. The number of anilines is 2. The van der Waals surface area contributed by atoms with Gasteiger partial charge >= 0.3 is 0 Å². The van der Waals surface area contributed by atoms with E-state index in [4.69, 9.17) is 5.84 Å². The molecule has 0 saturated carbocycles. The Morgan fingerprint density at radius 3 is 2.47 bits per heavy atom. The highest BCUT2D eigenvalue weighted by molar-refractivity contribution is 5.47. The fraction of sp³-hybridized carbons (Fsp3) is 0.154. The van der Waals surface area contributed by atoms with Crippen LogP contribution in [0.2, 0.25) is 0 Å². The fourth-order valence-electron chi connectivity index (χ4n) is 1.49. The number of rotatable bonds is 4. The number of aryl methyl sites for hydroxylation is 1. The SMILES string of the molecule is Cc1ccc(CNc2ccc(NN)nc2)cc1. The monoisotopic (exact) mass is 228 g/mol. The van der Waals surface area contributed by atoms with E-state index in [0.717, 1.165) is 12.2 Å². The Hall–Kier alpha value is -2.07. The summed E-state index contributed by atoms with van der Waals surface area (Å²) >= 11 is 0. The summed E-state index contributed by atoms with van der Waals surface area (Å²) in [6.45, 7) is 2.87. The van der Waals surface area contributed by atoms with Crippen LogP contribution in [0.25, 0.3) is 0 Å². The molecule has 0 aliphatic heterocycles. The first-order chi connectivity index (χ1) is 8.28. The Balaban J connectivity index is 1.95. The quantitative estimate of drug-likeness (QED) is 0.555. The van der Waals surface area contributed by atoms with Gasteiger partial charge in [-0.25, -0.2) is 10.8 Å². The molecule has 0 unspecified atom stereocenters. The van der Waals surface area contributed by atoms with E-state index in [1.807, 2.05) is 12.1 Å². The van der Waals surface area contributed by atoms with Crippen LogP contribution in [0.1, 0.15) is 11.1 Å². The highest BCUT2D eigenvalue weighted by Crippen LogP contribution is 2.11. The molecular formula is C13H16N4. The van der Waals surface area contributed by atoms with Gasteiger partial charge in [-0.05, 0) is 24.6 Å². The van der Waals surface area contributed by atoms with Gasteiger partial charge in [-0.1, -0.05) is 29.8 Å². The number of pyridine rings is 1. The molecule has 17 heavy (non-hydrogen) atoms. The lowest BCUT2D eigenvalue weighted by Crippen LogP contribution is -2.08. The normalized spacial score (nSPS) is 10.0. The molecule has 0 saturated heterocycles. The number of hydrogen-bond donors (Lipinski definition) is 3. The van der Waals surface area contributed by atoms with Crippen molar-refractivity contribution in [1.29, 1.82) is 0 Å². The Kier molecular flexibility index (Phi) is 3.57. The van der Waals surface area contributed by atoms with Crippen LogP contribution in [0.15, 0.2) is 42.6 Å². The van der Waals surface area contributed by atoms with Crippen molar-refractivity contribution in [3.05, 3.63) is 53.7 Å². The maximum Gasteiger partial charge on any atom is 0.140 e. The number of nitrogen functional groups attached to an aromatic ring is 1. The summed E-state index contributed by atoms with van der Waals surface area (Å²) in [5, 5.41) is 3.30. The van der Waals surface area contributed by atoms with Crippen LogP contribution in [0.5, 0.6) is 0 Å². The van der Waals surface area contributed by atoms with Gasteiger partial charge in [-0.2, -0.15) is 0 Å². The maximum absolute atomic E-state index is 5.25. The molecule has 0 spiro atoms. The van der Waals surface area contributed by atoms with E-state index in [-0.39, 0.29) is 0 Å². The molecule has 1 heterocycles. The summed E-state index contributed by atoms with van der Waals surface area (Å²) in [5.74, 6) is 5.90. The summed E-state index contributed by atoms with van der Waals surface area (Å²) in [5.41, 5.74) is 5.99. The zero-order valence-corrected chi connectivity index (χ0v) is 9.77. The van der Waals surface area contributed by atoms with Gasteiger partial charge in [-0.3, -0.25) is 0 Å². The molecule has 4 N–H and O–H groups in total. The van der Waals surface area contributed by atoms with E-state index in [1.54, 1.807) is 6.20 Å². The summed E-state index contributed by atoms with van der Waals surface area (Å²) < 4.78 is 0. The lowest BCUT2D eigenvalue weighted by Gasteiger charge is -2.07. The molecule has 0 amide bonds. The molecule has 0 fully saturated rings. The van der Waals surface area contributed by atoms with Crippen molar-refractivity contribution in [1.82, 2.24) is 4.98 Å². The molecule has 2 rings (SSSR count). The van der Waals surface area contributed by atoms with Crippen LogP contribution in [-0.4, -0.2) is 4.98 Å². The molecule has 0 radical (unpaired) electrons. The van der Waals surface area contributed by atoms with Crippen molar-refractivity contribution in [2.45, 2.75) is 13.5 Å². The van der Waals surface area contributed by atoms with E-state index in [9.17, 15) is 0 Å². The van der Waals surface area contributed by atoms with Crippen LogP contribution >= 0.6 is 0 Å². The van der Waals surface area contributed by atoms with Crippen LogP contribution in [0.4, 0.5) is 11.5 Å². The van der Waals surface area contributed by atoms with Gasteiger partial charge in [0.05, 0.1) is 11.9 Å². The summed E-state index contributed by atoms with van der Waals surface area (Å²) in [7, 11) is 0. The number of nitrogens with one attached hydrogen (secondary N) is 2. The third-order valence-electron chi connectivity index (χ3n) is 2.53. The molecule has 1 aromatic carbocycles. The Bertz CT molecular complexity index is 462. The Morgan fingerprint density at radius 1 is 1.12 bits per heavy atom. The average Bonchev–Trinajstić information content (AvgIpc) is 2.39. The van der Waals surface area contributed by atoms with E-state index < -0.39 is 0 Å². The minimum absolute atomic E-state index is 0.658. The van der Waals surface area contributed by atoms with Gasteiger partial charge in [0.1, 0.15) is 5.82 Å².